The lowest BCUT2D eigenvalue weighted by Crippen LogP contribution is -2.48. The lowest BCUT2D eigenvalue weighted by atomic mass is 10.1. The number of hydrogen-bond donors (Lipinski definition) is 0. The molecule has 4 unspecified atom stereocenters. The molecule has 2 aliphatic rings. The fraction of sp³-hybridized carbons (Fsp3) is 0.500. The minimum atomic E-state index is -3.62. The predicted octanol–water partition coefficient (Wildman–Crippen LogP) is 2.95. The lowest BCUT2D eigenvalue weighted by molar-refractivity contribution is -0.0442. The molecule has 10 heteroatoms. The Hall–Kier alpha value is -1.82. The van der Waals surface area contributed by atoms with Crippen molar-refractivity contribution >= 4 is 20.0 Å². The van der Waals surface area contributed by atoms with Crippen molar-refractivity contribution in [2.45, 2.75) is 61.9 Å². The molecule has 186 valence electrons. The maximum Gasteiger partial charge on any atom is 0.243 e. The van der Waals surface area contributed by atoms with Crippen molar-refractivity contribution < 1.29 is 26.3 Å². The van der Waals surface area contributed by atoms with Gasteiger partial charge >= 0.3 is 0 Å². The van der Waals surface area contributed by atoms with Crippen molar-refractivity contribution in [2.24, 2.45) is 0 Å². The van der Waals surface area contributed by atoms with Gasteiger partial charge in [0.05, 0.1) is 34.2 Å². The second-order valence-electron chi connectivity index (χ2n) is 9.21. The van der Waals surface area contributed by atoms with Crippen LogP contribution in [-0.2, 0) is 29.5 Å². The van der Waals surface area contributed by atoms with E-state index in [1.165, 1.54) is 8.61 Å². The fourth-order valence-electron chi connectivity index (χ4n) is 4.59. The molecular formula is C24H32N2O6S2. The zero-order valence-corrected chi connectivity index (χ0v) is 21.6. The van der Waals surface area contributed by atoms with Crippen LogP contribution in [0.3, 0.4) is 0 Å². The average Bonchev–Trinajstić information content (AvgIpc) is 2.78. The van der Waals surface area contributed by atoms with E-state index in [1.807, 2.05) is 27.7 Å². The molecular weight excluding hydrogens is 476 g/mol. The minimum Gasteiger partial charge on any atom is -0.373 e. The first-order chi connectivity index (χ1) is 16.0. The second-order valence-corrected chi connectivity index (χ2v) is 13.1. The molecule has 2 aromatic carbocycles. The molecule has 4 rings (SSSR count). The molecule has 2 saturated heterocycles. The number of hydrogen-bond acceptors (Lipinski definition) is 6. The number of rotatable bonds is 5. The zero-order valence-electron chi connectivity index (χ0n) is 19.9. The summed E-state index contributed by atoms with van der Waals surface area (Å²) < 4.78 is 66.5. The third-order valence-corrected chi connectivity index (χ3v) is 9.78. The van der Waals surface area contributed by atoms with Crippen LogP contribution in [0.1, 0.15) is 27.7 Å². The van der Waals surface area contributed by atoms with Crippen molar-refractivity contribution in [3.63, 3.8) is 0 Å². The van der Waals surface area contributed by atoms with Gasteiger partial charge in [0.15, 0.2) is 0 Å². The summed E-state index contributed by atoms with van der Waals surface area (Å²) in [7, 11) is -7.23. The summed E-state index contributed by atoms with van der Waals surface area (Å²) in [5.74, 6) is 0. The molecule has 34 heavy (non-hydrogen) atoms. The first-order valence-electron chi connectivity index (χ1n) is 11.5. The highest BCUT2D eigenvalue weighted by atomic mass is 32.2. The number of benzene rings is 2. The van der Waals surface area contributed by atoms with Crippen molar-refractivity contribution in [3.8, 4) is 11.1 Å². The van der Waals surface area contributed by atoms with Crippen LogP contribution < -0.4 is 0 Å². The van der Waals surface area contributed by atoms with E-state index in [1.54, 1.807) is 48.5 Å². The van der Waals surface area contributed by atoms with Gasteiger partial charge < -0.3 is 9.47 Å². The Kier molecular flexibility index (Phi) is 7.19. The van der Waals surface area contributed by atoms with Crippen LogP contribution in [0, 0.1) is 0 Å². The summed E-state index contributed by atoms with van der Waals surface area (Å²) in [6, 6.07) is 13.4. The Bertz CT molecular complexity index is 1100. The summed E-state index contributed by atoms with van der Waals surface area (Å²) in [6.45, 7) is 8.76. The summed E-state index contributed by atoms with van der Waals surface area (Å²) in [6.07, 6.45) is -0.624. The molecule has 2 aliphatic heterocycles. The van der Waals surface area contributed by atoms with E-state index in [-0.39, 0.29) is 34.2 Å². The van der Waals surface area contributed by atoms with Gasteiger partial charge in [0.2, 0.25) is 20.0 Å². The first kappa shape index (κ1) is 25.3. The van der Waals surface area contributed by atoms with Gasteiger partial charge in [-0.2, -0.15) is 8.61 Å². The topological polar surface area (TPSA) is 93.2 Å². The standard InChI is InChI=1S/C24H32N2O6S2/c1-17-13-25(14-18(2)31-17)33(27,28)23-9-5-21(6-10-23)22-7-11-24(12-8-22)34(29,30)26-15-19(3)32-20(4)16-26/h5-12,17-20H,13-16H2,1-4H3. The average molecular weight is 509 g/mol. The fourth-order valence-corrected chi connectivity index (χ4v) is 7.77. The van der Waals surface area contributed by atoms with Crippen molar-refractivity contribution in [1.82, 2.24) is 8.61 Å². The Labute approximate surface area is 202 Å². The predicted molar refractivity (Wildman–Crippen MR) is 129 cm³/mol. The van der Waals surface area contributed by atoms with Crippen molar-refractivity contribution in [3.05, 3.63) is 48.5 Å². The molecule has 0 saturated carbocycles. The molecule has 8 nitrogen and oxygen atoms in total. The molecule has 2 fully saturated rings. The summed E-state index contributed by atoms with van der Waals surface area (Å²) >= 11 is 0. The van der Waals surface area contributed by atoms with E-state index in [4.69, 9.17) is 9.47 Å². The van der Waals surface area contributed by atoms with Crippen LogP contribution in [0.5, 0.6) is 0 Å². The Morgan fingerprint density at radius 1 is 0.559 bits per heavy atom. The largest absolute Gasteiger partial charge is 0.373 e. The van der Waals surface area contributed by atoms with E-state index in [2.05, 4.69) is 0 Å². The van der Waals surface area contributed by atoms with E-state index >= 15 is 0 Å². The maximum atomic E-state index is 13.1. The van der Waals surface area contributed by atoms with Gasteiger partial charge in [-0.25, -0.2) is 16.8 Å². The number of nitrogens with zero attached hydrogens (tertiary/aromatic N) is 2. The monoisotopic (exact) mass is 508 g/mol. The van der Waals surface area contributed by atoms with Gasteiger partial charge in [0, 0.05) is 26.2 Å². The van der Waals surface area contributed by atoms with E-state index < -0.39 is 20.0 Å². The normalized spacial score (nSPS) is 27.5. The molecule has 0 amide bonds. The molecule has 0 aliphatic carbocycles. The lowest BCUT2D eigenvalue weighted by Gasteiger charge is -2.34. The van der Waals surface area contributed by atoms with Gasteiger partial charge in [-0.3, -0.25) is 0 Å². The van der Waals surface area contributed by atoms with Gasteiger partial charge in [0.25, 0.3) is 0 Å². The highest BCUT2D eigenvalue weighted by Gasteiger charge is 2.33. The second kappa shape index (κ2) is 9.67. The van der Waals surface area contributed by atoms with Crippen molar-refractivity contribution in [1.29, 1.82) is 0 Å². The first-order valence-corrected chi connectivity index (χ1v) is 14.4. The molecule has 2 heterocycles. The van der Waals surface area contributed by atoms with Crippen LogP contribution in [-0.4, -0.2) is 76.0 Å². The summed E-state index contributed by atoms with van der Waals surface area (Å²) in [5.41, 5.74) is 1.61. The van der Waals surface area contributed by atoms with Crippen LogP contribution >= 0.6 is 0 Å². The van der Waals surface area contributed by atoms with Crippen LogP contribution in [0.2, 0.25) is 0 Å². The third kappa shape index (κ3) is 5.22. The van der Waals surface area contributed by atoms with Crippen LogP contribution in [0.15, 0.2) is 58.3 Å². The smallest absolute Gasteiger partial charge is 0.243 e. The number of ether oxygens (including phenoxy) is 2. The van der Waals surface area contributed by atoms with Crippen molar-refractivity contribution in [2.75, 3.05) is 26.2 Å². The number of morpholine rings is 2. The molecule has 0 spiro atoms. The molecule has 0 bridgehead atoms. The van der Waals surface area contributed by atoms with Gasteiger partial charge in [-0.1, -0.05) is 24.3 Å². The third-order valence-electron chi connectivity index (χ3n) is 6.09. The van der Waals surface area contributed by atoms with E-state index in [0.717, 1.165) is 11.1 Å². The van der Waals surface area contributed by atoms with Gasteiger partial charge in [0.1, 0.15) is 0 Å². The van der Waals surface area contributed by atoms with E-state index in [9.17, 15) is 16.8 Å². The highest BCUT2D eigenvalue weighted by Crippen LogP contribution is 2.27. The van der Waals surface area contributed by atoms with Gasteiger partial charge in [-0.05, 0) is 63.1 Å². The Morgan fingerprint density at radius 3 is 1.09 bits per heavy atom. The molecule has 0 radical (unpaired) electrons. The quantitative estimate of drug-likeness (QED) is 0.617. The maximum absolute atomic E-state index is 13.1. The summed E-state index contributed by atoms with van der Waals surface area (Å²) in [5, 5.41) is 0. The highest BCUT2D eigenvalue weighted by molar-refractivity contribution is 7.89. The van der Waals surface area contributed by atoms with Crippen LogP contribution in [0.4, 0.5) is 0 Å². The molecule has 0 N–H and O–H groups in total. The summed E-state index contributed by atoms with van der Waals surface area (Å²) in [4.78, 5) is 0.458. The SMILES string of the molecule is CC1CN(S(=O)(=O)c2ccc(-c3ccc(S(=O)(=O)N4CC(C)OC(C)C4)cc3)cc2)CC(C)O1. The van der Waals surface area contributed by atoms with Gasteiger partial charge in [-0.15, -0.1) is 0 Å². The minimum absolute atomic E-state index is 0.156. The Morgan fingerprint density at radius 2 is 0.824 bits per heavy atom. The Balaban J connectivity index is 1.51. The molecule has 4 atom stereocenters. The zero-order chi connectivity index (χ0) is 24.7. The molecule has 0 aromatic heterocycles. The van der Waals surface area contributed by atoms with E-state index in [0.29, 0.717) is 26.2 Å². The molecule has 2 aromatic rings. The number of sulfonamides is 2. The van der Waals surface area contributed by atoms with Crippen LogP contribution in [0.25, 0.3) is 11.1 Å².